The lowest BCUT2D eigenvalue weighted by molar-refractivity contribution is -0.137. The number of likely N-dealkylation sites (tertiary alicyclic amines) is 1. The highest BCUT2D eigenvalue weighted by Crippen LogP contribution is 2.32. The van der Waals surface area contributed by atoms with E-state index in [-0.39, 0.29) is 36.7 Å². The molecule has 1 aliphatic rings. The van der Waals surface area contributed by atoms with E-state index in [1.54, 1.807) is 13.0 Å². The normalized spacial score (nSPS) is 22.2. The molecule has 1 fully saturated rings. The lowest BCUT2D eigenvalue weighted by Gasteiger charge is -2.38. The number of halogens is 4. The summed E-state index contributed by atoms with van der Waals surface area (Å²) < 4.78 is 38.5. The molecule has 1 amide bonds. The molecule has 0 spiro atoms. The van der Waals surface area contributed by atoms with Crippen LogP contribution in [0.15, 0.2) is 24.3 Å². The Morgan fingerprint density at radius 1 is 1.40 bits per heavy atom. The maximum absolute atomic E-state index is 12.8. The van der Waals surface area contributed by atoms with Gasteiger partial charge in [-0.05, 0) is 36.3 Å². The third-order valence-corrected chi connectivity index (χ3v) is 4.83. The molecule has 1 aliphatic heterocycles. The maximum atomic E-state index is 12.8. The van der Waals surface area contributed by atoms with Crippen molar-refractivity contribution < 1.29 is 18.0 Å². The first-order valence-corrected chi connectivity index (χ1v) is 8.39. The van der Waals surface area contributed by atoms with Crippen LogP contribution in [0.25, 0.3) is 0 Å². The molecule has 1 aromatic rings. The molecule has 3 nitrogen and oxygen atoms in total. The predicted octanol–water partition coefficient (Wildman–Crippen LogP) is 4.21. The average molecular weight is 379 g/mol. The van der Waals surface area contributed by atoms with Gasteiger partial charge in [-0.3, -0.25) is 4.79 Å². The number of nitrogens with two attached hydrogens (primary N) is 1. The Kier molecular flexibility index (Phi) is 7.75. The van der Waals surface area contributed by atoms with Gasteiger partial charge in [0.2, 0.25) is 5.91 Å². The Morgan fingerprint density at radius 3 is 2.68 bits per heavy atom. The molecular formula is C18H26ClF3N2O. The summed E-state index contributed by atoms with van der Waals surface area (Å²) in [5.41, 5.74) is 5.64. The SMILES string of the molecule is CC1CCN(C(=O)CC(C)c2cccc(C(F)(F)F)c2)C(CN)C1.Cl. The Hall–Kier alpha value is -1.27. The van der Waals surface area contributed by atoms with E-state index in [1.807, 2.05) is 4.90 Å². The number of piperidine rings is 1. The van der Waals surface area contributed by atoms with E-state index in [4.69, 9.17) is 5.73 Å². The van der Waals surface area contributed by atoms with Crippen molar-refractivity contribution in [3.05, 3.63) is 35.4 Å². The molecular weight excluding hydrogens is 353 g/mol. The van der Waals surface area contributed by atoms with Gasteiger partial charge in [-0.1, -0.05) is 32.0 Å². The van der Waals surface area contributed by atoms with Gasteiger partial charge < -0.3 is 10.6 Å². The summed E-state index contributed by atoms with van der Waals surface area (Å²) in [6, 6.07) is 5.26. The van der Waals surface area contributed by atoms with Gasteiger partial charge in [0, 0.05) is 25.6 Å². The molecule has 2 rings (SSSR count). The molecule has 0 saturated carbocycles. The van der Waals surface area contributed by atoms with Crippen molar-refractivity contribution in [1.82, 2.24) is 4.90 Å². The van der Waals surface area contributed by atoms with Crippen molar-refractivity contribution in [1.29, 1.82) is 0 Å². The van der Waals surface area contributed by atoms with Crippen molar-refractivity contribution in [3.8, 4) is 0 Å². The molecule has 3 unspecified atom stereocenters. The Balaban J connectivity index is 0.00000312. The second-order valence-electron chi connectivity index (χ2n) is 6.83. The molecule has 0 aromatic heterocycles. The summed E-state index contributed by atoms with van der Waals surface area (Å²) in [4.78, 5) is 14.4. The van der Waals surface area contributed by atoms with Gasteiger partial charge in [-0.25, -0.2) is 0 Å². The van der Waals surface area contributed by atoms with Crippen LogP contribution in [0, 0.1) is 5.92 Å². The minimum atomic E-state index is -4.37. The van der Waals surface area contributed by atoms with Crippen LogP contribution in [0.1, 0.15) is 50.2 Å². The predicted molar refractivity (Wildman–Crippen MR) is 94.7 cm³/mol. The van der Waals surface area contributed by atoms with Crippen LogP contribution >= 0.6 is 12.4 Å². The van der Waals surface area contributed by atoms with Crippen molar-refractivity contribution in [2.45, 2.75) is 51.2 Å². The number of carbonyl (C=O) groups excluding carboxylic acids is 1. The van der Waals surface area contributed by atoms with Crippen LogP contribution in [0.3, 0.4) is 0 Å². The van der Waals surface area contributed by atoms with Gasteiger partial charge in [-0.15, -0.1) is 12.4 Å². The highest BCUT2D eigenvalue weighted by molar-refractivity contribution is 5.85. The lowest BCUT2D eigenvalue weighted by Crippen LogP contribution is -2.49. The number of rotatable bonds is 4. The van der Waals surface area contributed by atoms with E-state index in [1.165, 1.54) is 6.07 Å². The van der Waals surface area contributed by atoms with Crippen LogP contribution in [0.4, 0.5) is 13.2 Å². The molecule has 25 heavy (non-hydrogen) atoms. The van der Waals surface area contributed by atoms with E-state index >= 15 is 0 Å². The topological polar surface area (TPSA) is 46.3 Å². The molecule has 7 heteroatoms. The van der Waals surface area contributed by atoms with Gasteiger partial charge >= 0.3 is 6.18 Å². The van der Waals surface area contributed by atoms with Crippen LogP contribution in [0.2, 0.25) is 0 Å². The van der Waals surface area contributed by atoms with Gasteiger partial charge in [0.15, 0.2) is 0 Å². The highest BCUT2D eigenvalue weighted by atomic mass is 35.5. The summed E-state index contributed by atoms with van der Waals surface area (Å²) in [6.07, 6.45) is -2.33. The lowest BCUT2D eigenvalue weighted by atomic mass is 9.90. The molecule has 142 valence electrons. The fraction of sp³-hybridized carbons (Fsp3) is 0.611. The zero-order valence-corrected chi connectivity index (χ0v) is 15.4. The zero-order valence-electron chi connectivity index (χ0n) is 14.6. The molecule has 1 saturated heterocycles. The monoisotopic (exact) mass is 378 g/mol. The van der Waals surface area contributed by atoms with Gasteiger partial charge in [0.25, 0.3) is 0 Å². The number of hydrogen-bond donors (Lipinski definition) is 1. The first-order valence-electron chi connectivity index (χ1n) is 8.39. The number of benzene rings is 1. The van der Waals surface area contributed by atoms with E-state index in [0.29, 0.717) is 24.6 Å². The highest BCUT2D eigenvalue weighted by Gasteiger charge is 2.32. The second kappa shape index (κ2) is 8.90. The van der Waals surface area contributed by atoms with Crippen molar-refractivity contribution >= 4 is 18.3 Å². The largest absolute Gasteiger partial charge is 0.416 e. The molecule has 2 N–H and O–H groups in total. The van der Waals surface area contributed by atoms with E-state index in [2.05, 4.69) is 6.92 Å². The quantitative estimate of drug-likeness (QED) is 0.853. The van der Waals surface area contributed by atoms with E-state index in [0.717, 1.165) is 25.0 Å². The van der Waals surface area contributed by atoms with Crippen molar-refractivity contribution in [2.24, 2.45) is 11.7 Å². The molecule has 3 atom stereocenters. The molecule has 1 aromatic carbocycles. The minimum Gasteiger partial charge on any atom is -0.338 e. The standard InChI is InChI=1S/C18H25F3N2O.ClH/c1-12-6-7-23(16(8-12)11-22)17(24)9-13(2)14-4-3-5-15(10-14)18(19,20)21;/h3-5,10,12-13,16H,6-9,11,22H2,1-2H3;1H. The number of carbonyl (C=O) groups is 1. The van der Waals surface area contributed by atoms with E-state index in [9.17, 15) is 18.0 Å². The summed E-state index contributed by atoms with van der Waals surface area (Å²) >= 11 is 0. The fourth-order valence-corrected chi connectivity index (χ4v) is 3.32. The van der Waals surface area contributed by atoms with Crippen LogP contribution in [0.5, 0.6) is 0 Å². The van der Waals surface area contributed by atoms with Crippen LogP contribution in [-0.4, -0.2) is 29.9 Å². The Labute approximate surface area is 153 Å². The molecule has 0 aliphatic carbocycles. The maximum Gasteiger partial charge on any atom is 0.416 e. The number of amides is 1. The summed E-state index contributed by atoms with van der Waals surface area (Å²) in [5, 5.41) is 0. The van der Waals surface area contributed by atoms with E-state index < -0.39 is 11.7 Å². The van der Waals surface area contributed by atoms with Crippen LogP contribution < -0.4 is 5.73 Å². The van der Waals surface area contributed by atoms with Gasteiger partial charge in [0.1, 0.15) is 0 Å². The minimum absolute atomic E-state index is 0. The molecule has 1 heterocycles. The zero-order chi connectivity index (χ0) is 17.9. The first kappa shape index (κ1) is 21.8. The van der Waals surface area contributed by atoms with Gasteiger partial charge in [0.05, 0.1) is 5.56 Å². The smallest absolute Gasteiger partial charge is 0.338 e. The number of hydrogen-bond acceptors (Lipinski definition) is 2. The number of nitrogens with zero attached hydrogens (tertiary/aromatic N) is 1. The summed E-state index contributed by atoms with van der Waals surface area (Å²) in [5.74, 6) is 0.253. The van der Waals surface area contributed by atoms with Crippen molar-refractivity contribution in [3.63, 3.8) is 0 Å². The van der Waals surface area contributed by atoms with Crippen molar-refractivity contribution in [2.75, 3.05) is 13.1 Å². The summed E-state index contributed by atoms with van der Waals surface area (Å²) in [7, 11) is 0. The summed E-state index contributed by atoms with van der Waals surface area (Å²) in [6.45, 7) is 5.04. The molecule has 0 radical (unpaired) electrons. The second-order valence-corrected chi connectivity index (χ2v) is 6.83. The Morgan fingerprint density at radius 2 is 2.08 bits per heavy atom. The third kappa shape index (κ3) is 5.61. The molecule has 0 bridgehead atoms. The fourth-order valence-electron chi connectivity index (χ4n) is 3.32. The van der Waals surface area contributed by atoms with Gasteiger partial charge in [-0.2, -0.15) is 13.2 Å². The van der Waals surface area contributed by atoms with Crippen LogP contribution in [-0.2, 0) is 11.0 Å². The number of alkyl halides is 3. The first-order chi connectivity index (χ1) is 11.2. The Bertz CT molecular complexity index is 580. The average Bonchev–Trinajstić information content (AvgIpc) is 2.53. The third-order valence-electron chi connectivity index (χ3n) is 4.83.